The molecule has 0 atom stereocenters. The lowest BCUT2D eigenvalue weighted by Gasteiger charge is -2.23. The van der Waals surface area contributed by atoms with E-state index in [1.807, 2.05) is 19.1 Å². The summed E-state index contributed by atoms with van der Waals surface area (Å²) in [4.78, 5) is 24.5. The minimum absolute atomic E-state index is 0.187. The summed E-state index contributed by atoms with van der Waals surface area (Å²) < 4.78 is 31.2. The smallest absolute Gasteiger partial charge is 0.262 e. The van der Waals surface area contributed by atoms with E-state index in [-0.39, 0.29) is 12.5 Å². The molecule has 0 aromatic heterocycles. The van der Waals surface area contributed by atoms with Gasteiger partial charge in [-0.25, -0.2) is 13.8 Å². The van der Waals surface area contributed by atoms with Crippen LogP contribution in [-0.2, 0) is 26.0 Å². The van der Waals surface area contributed by atoms with E-state index in [1.54, 1.807) is 60.7 Å². The molecule has 0 aliphatic rings. The van der Waals surface area contributed by atoms with Gasteiger partial charge in [0.25, 0.3) is 11.8 Å². The Morgan fingerprint density at radius 3 is 2.43 bits per heavy atom. The number of sulfonamides is 1. The molecule has 0 aliphatic heterocycles. The van der Waals surface area contributed by atoms with Gasteiger partial charge in [-0.15, -0.1) is 0 Å². The highest BCUT2D eigenvalue weighted by molar-refractivity contribution is 7.92. The van der Waals surface area contributed by atoms with E-state index in [2.05, 4.69) is 15.8 Å². The van der Waals surface area contributed by atoms with Crippen LogP contribution in [0.2, 0.25) is 5.02 Å². The first kappa shape index (κ1) is 27.7. The summed E-state index contributed by atoms with van der Waals surface area (Å²) in [6.45, 7) is 1.32. The van der Waals surface area contributed by atoms with E-state index in [0.29, 0.717) is 34.1 Å². The average Bonchev–Trinajstić information content (AvgIpc) is 2.86. The summed E-state index contributed by atoms with van der Waals surface area (Å²) >= 11 is 5.90. The summed E-state index contributed by atoms with van der Waals surface area (Å²) in [5.74, 6) is -0.445. The highest BCUT2D eigenvalue weighted by Crippen LogP contribution is 2.23. The van der Waals surface area contributed by atoms with Gasteiger partial charge in [-0.2, -0.15) is 5.10 Å². The van der Waals surface area contributed by atoms with Crippen LogP contribution in [0.25, 0.3) is 0 Å². The normalized spacial score (nSPS) is 11.2. The Hall–Kier alpha value is -3.89. The number of rotatable bonds is 11. The van der Waals surface area contributed by atoms with Crippen molar-refractivity contribution in [3.63, 3.8) is 0 Å². The molecule has 37 heavy (non-hydrogen) atoms. The van der Waals surface area contributed by atoms with E-state index in [9.17, 15) is 18.0 Å². The first-order valence-corrected chi connectivity index (χ1v) is 13.5. The average molecular weight is 543 g/mol. The van der Waals surface area contributed by atoms with Gasteiger partial charge >= 0.3 is 0 Å². The third-order valence-electron chi connectivity index (χ3n) is 5.09. The molecule has 194 valence electrons. The minimum atomic E-state index is -3.69. The van der Waals surface area contributed by atoms with Gasteiger partial charge in [-0.1, -0.05) is 42.8 Å². The molecule has 11 heteroatoms. The lowest BCUT2D eigenvalue weighted by molar-refractivity contribution is -0.119. The molecule has 0 saturated carbocycles. The van der Waals surface area contributed by atoms with E-state index in [0.717, 1.165) is 16.1 Å². The molecule has 3 aromatic rings. The Bertz CT molecular complexity index is 1380. The Morgan fingerprint density at radius 2 is 1.76 bits per heavy atom. The molecule has 0 spiro atoms. The quantitative estimate of drug-likeness (QED) is 0.282. The van der Waals surface area contributed by atoms with Crippen molar-refractivity contribution in [2.75, 3.05) is 29.0 Å². The monoisotopic (exact) mass is 542 g/mol. The molecule has 0 bridgehead atoms. The molecule has 0 fully saturated rings. The largest absolute Gasteiger partial charge is 0.484 e. The molecule has 3 rings (SSSR count). The van der Waals surface area contributed by atoms with Crippen LogP contribution in [0.15, 0.2) is 77.9 Å². The molecule has 0 aliphatic carbocycles. The summed E-state index contributed by atoms with van der Waals surface area (Å²) in [6.07, 6.45) is 3.09. The predicted molar refractivity (Wildman–Crippen MR) is 146 cm³/mol. The summed E-state index contributed by atoms with van der Waals surface area (Å²) in [7, 11) is -3.69. The van der Waals surface area contributed by atoms with Crippen molar-refractivity contribution in [2.45, 2.75) is 13.3 Å². The zero-order valence-electron chi connectivity index (χ0n) is 20.3. The molecule has 0 unspecified atom stereocenters. The first-order chi connectivity index (χ1) is 17.7. The van der Waals surface area contributed by atoms with Crippen LogP contribution >= 0.6 is 11.6 Å². The highest BCUT2D eigenvalue weighted by atomic mass is 35.5. The number of aryl methyl sites for hydroxylation is 1. The maximum Gasteiger partial charge on any atom is 0.262 e. The van der Waals surface area contributed by atoms with Crippen molar-refractivity contribution in [1.82, 2.24) is 5.43 Å². The van der Waals surface area contributed by atoms with Crippen LogP contribution in [0.5, 0.6) is 5.75 Å². The number of anilines is 2. The van der Waals surface area contributed by atoms with E-state index in [4.69, 9.17) is 16.3 Å². The Balaban J connectivity index is 1.52. The van der Waals surface area contributed by atoms with Crippen molar-refractivity contribution < 1.29 is 22.7 Å². The molecular weight excluding hydrogens is 516 g/mol. The minimum Gasteiger partial charge on any atom is -0.484 e. The zero-order valence-corrected chi connectivity index (χ0v) is 21.9. The van der Waals surface area contributed by atoms with E-state index in [1.165, 1.54) is 6.21 Å². The number of hydrogen-bond donors (Lipinski definition) is 2. The van der Waals surface area contributed by atoms with Crippen LogP contribution in [0.1, 0.15) is 18.1 Å². The fraction of sp³-hybridized carbons (Fsp3) is 0.192. The lowest BCUT2D eigenvalue weighted by atomic mass is 10.1. The van der Waals surface area contributed by atoms with Crippen molar-refractivity contribution >= 4 is 51.0 Å². The van der Waals surface area contributed by atoms with Gasteiger partial charge in [0.05, 0.1) is 18.2 Å². The van der Waals surface area contributed by atoms with Gasteiger partial charge in [0, 0.05) is 10.7 Å². The van der Waals surface area contributed by atoms with E-state index < -0.39 is 22.5 Å². The van der Waals surface area contributed by atoms with Crippen LogP contribution in [-0.4, -0.2) is 45.9 Å². The number of nitrogens with one attached hydrogen (secondary N) is 2. The van der Waals surface area contributed by atoms with Gasteiger partial charge in [0.2, 0.25) is 10.0 Å². The number of carbonyl (C=O) groups excluding carboxylic acids is 2. The number of benzene rings is 3. The Kier molecular flexibility index (Phi) is 9.64. The standard InChI is InChI=1S/C26H27ClN4O5S/c1-3-20-7-4-5-10-24(20)31(37(2,34)35)17-25(32)30-28-16-19-11-13-23(14-12-19)36-18-26(33)29-22-9-6-8-21(27)15-22/h4-16H,3,17-18H2,1-2H3,(H,29,33)(H,30,32)/b28-16-. The van der Waals surface area contributed by atoms with E-state index >= 15 is 0 Å². The summed E-state index contributed by atoms with van der Waals surface area (Å²) in [6, 6.07) is 20.5. The first-order valence-electron chi connectivity index (χ1n) is 11.3. The number of hydrazone groups is 1. The lowest BCUT2D eigenvalue weighted by Crippen LogP contribution is -2.39. The van der Waals surface area contributed by atoms with Crippen LogP contribution in [0, 0.1) is 0 Å². The topological polar surface area (TPSA) is 117 Å². The SMILES string of the molecule is CCc1ccccc1N(CC(=O)N/N=C\c1ccc(OCC(=O)Nc2cccc(Cl)c2)cc1)S(C)(=O)=O. The van der Waals surface area contributed by atoms with Crippen molar-refractivity contribution in [3.8, 4) is 5.75 Å². The fourth-order valence-electron chi connectivity index (χ4n) is 3.34. The zero-order chi connectivity index (χ0) is 26.8. The predicted octanol–water partition coefficient (Wildman–Crippen LogP) is 3.84. The second kappa shape index (κ2) is 12.9. The molecular formula is C26H27ClN4O5S. The van der Waals surface area contributed by atoms with Gasteiger partial charge in [0.1, 0.15) is 12.3 Å². The molecule has 0 radical (unpaired) electrons. The van der Waals surface area contributed by atoms with Gasteiger partial charge < -0.3 is 10.1 Å². The number of para-hydroxylation sites is 1. The maximum absolute atomic E-state index is 12.4. The summed E-state index contributed by atoms with van der Waals surface area (Å²) in [5, 5.41) is 7.12. The van der Waals surface area contributed by atoms with Crippen LogP contribution in [0.3, 0.4) is 0 Å². The van der Waals surface area contributed by atoms with Crippen LogP contribution < -0.4 is 19.8 Å². The third kappa shape index (κ3) is 8.62. The number of amides is 2. The van der Waals surface area contributed by atoms with Crippen LogP contribution in [0.4, 0.5) is 11.4 Å². The van der Waals surface area contributed by atoms with Crippen molar-refractivity contribution in [3.05, 3.63) is 88.9 Å². The number of carbonyl (C=O) groups is 2. The number of halogens is 1. The highest BCUT2D eigenvalue weighted by Gasteiger charge is 2.22. The van der Waals surface area contributed by atoms with Gasteiger partial charge in [0.15, 0.2) is 6.61 Å². The van der Waals surface area contributed by atoms with Crippen molar-refractivity contribution in [2.24, 2.45) is 5.10 Å². The van der Waals surface area contributed by atoms with Gasteiger partial charge in [-0.3, -0.25) is 13.9 Å². The Labute approximate surface area is 221 Å². The molecule has 0 saturated heterocycles. The second-order valence-electron chi connectivity index (χ2n) is 7.96. The van der Waals surface area contributed by atoms with Crippen molar-refractivity contribution in [1.29, 1.82) is 0 Å². The molecule has 2 N–H and O–H groups in total. The number of hydrogen-bond acceptors (Lipinski definition) is 6. The third-order valence-corrected chi connectivity index (χ3v) is 6.45. The number of nitrogens with zero attached hydrogens (tertiary/aromatic N) is 2. The maximum atomic E-state index is 12.4. The number of ether oxygens (including phenoxy) is 1. The molecule has 9 nitrogen and oxygen atoms in total. The molecule has 3 aromatic carbocycles. The fourth-order valence-corrected chi connectivity index (χ4v) is 4.42. The Morgan fingerprint density at radius 1 is 1.03 bits per heavy atom. The molecule has 0 heterocycles. The molecule has 2 amide bonds. The summed E-state index contributed by atoms with van der Waals surface area (Å²) in [5.41, 5.74) is 4.86. The second-order valence-corrected chi connectivity index (χ2v) is 10.3. The van der Waals surface area contributed by atoms with Gasteiger partial charge in [-0.05, 0) is 66.1 Å².